The number of fused-ring (bicyclic) bond motifs is 1. The zero-order valence-corrected chi connectivity index (χ0v) is 17.5. The molecule has 0 saturated heterocycles. The van der Waals surface area contributed by atoms with Crippen LogP contribution in [0.4, 0.5) is 17.5 Å². The number of carboxylic acid groups (broad SMARTS) is 1. The number of imidazole rings is 1. The monoisotopic (exact) mass is 466 g/mol. The van der Waals surface area contributed by atoms with E-state index < -0.39 is 5.97 Å². The van der Waals surface area contributed by atoms with Gasteiger partial charge in [0.05, 0.1) is 17.2 Å². The number of anilines is 3. The number of halogens is 1. The molecule has 8 nitrogen and oxygen atoms in total. The highest BCUT2D eigenvalue weighted by atomic mass is 79.9. The summed E-state index contributed by atoms with van der Waals surface area (Å²) in [5, 5.41) is 17.5. The quantitative estimate of drug-likeness (QED) is 0.308. The molecule has 2 aromatic heterocycles. The Morgan fingerprint density at radius 3 is 2.73 bits per heavy atom. The second kappa shape index (κ2) is 8.91. The van der Waals surface area contributed by atoms with Crippen molar-refractivity contribution in [2.45, 2.75) is 12.8 Å². The number of carbonyl (C=O) groups is 1. The molecule has 0 aliphatic rings. The number of aromatic amines is 1. The molecule has 0 unspecified atom stereocenters. The fourth-order valence-corrected chi connectivity index (χ4v) is 3.53. The van der Waals surface area contributed by atoms with E-state index in [1.807, 2.05) is 36.4 Å². The standard InChI is InChI=1S/C21H19BrN6O2/c22-17-11-25-21(28-20(17)24-8-7-14-10-23-12-26-14)27-18-6-5-13(9-19(29)30)15-3-1-2-4-16(15)18/h1-6,10-12H,7-9H2,(H,23,26)(H,29,30)(H2,24,25,27,28). The topological polar surface area (TPSA) is 116 Å². The number of aromatic nitrogens is 4. The average Bonchev–Trinajstić information content (AvgIpc) is 3.25. The molecule has 0 spiro atoms. The summed E-state index contributed by atoms with van der Waals surface area (Å²) >= 11 is 3.48. The summed E-state index contributed by atoms with van der Waals surface area (Å²) in [5.74, 6) is 0.264. The highest BCUT2D eigenvalue weighted by Gasteiger charge is 2.11. The lowest BCUT2D eigenvalue weighted by atomic mass is 10.0. The molecule has 0 atom stereocenters. The maximum atomic E-state index is 11.2. The van der Waals surface area contributed by atoms with Crippen LogP contribution in [0.5, 0.6) is 0 Å². The Balaban J connectivity index is 1.55. The van der Waals surface area contributed by atoms with Crippen molar-refractivity contribution < 1.29 is 9.90 Å². The summed E-state index contributed by atoms with van der Waals surface area (Å²) in [6.45, 7) is 0.685. The Bertz CT molecular complexity index is 1180. The molecule has 4 aromatic rings. The number of H-pyrrole nitrogens is 1. The zero-order valence-electron chi connectivity index (χ0n) is 15.9. The molecule has 0 fully saturated rings. The fraction of sp³-hybridized carbons (Fsp3) is 0.143. The Labute approximate surface area is 180 Å². The molecule has 9 heteroatoms. The van der Waals surface area contributed by atoms with Gasteiger partial charge in [-0.3, -0.25) is 4.79 Å². The average molecular weight is 467 g/mol. The Morgan fingerprint density at radius 2 is 1.97 bits per heavy atom. The van der Waals surface area contributed by atoms with Crippen LogP contribution in [0.1, 0.15) is 11.3 Å². The van der Waals surface area contributed by atoms with Gasteiger partial charge in [-0.2, -0.15) is 4.98 Å². The number of nitrogens with one attached hydrogen (secondary N) is 3. The van der Waals surface area contributed by atoms with Gasteiger partial charge in [-0.15, -0.1) is 0 Å². The van der Waals surface area contributed by atoms with Crippen LogP contribution in [0.15, 0.2) is 59.6 Å². The summed E-state index contributed by atoms with van der Waals surface area (Å²) in [4.78, 5) is 27.2. The molecule has 30 heavy (non-hydrogen) atoms. The van der Waals surface area contributed by atoms with Gasteiger partial charge in [0, 0.05) is 42.1 Å². The van der Waals surface area contributed by atoms with Crippen LogP contribution in [0.25, 0.3) is 10.8 Å². The molecule has 4 N–H and O–H groups in total. The molecule has 2 heterocycles. The van der Waals surface area contributed by atoms with E-state index in [1.54, 1.807) is 18.7 Å². The number of hydrogen-bond donors (Lipinski definition) is 4. The van der Waals surface area contributed by atoms with Crippen molar-refractivity contribution in [1.29, 1.82) is 0 Å². The first-order valence-corrected chi connectivity index (χ1v) is 10.1. The van der Waals surface area contributed by atoms with Crippen LogP contribution in [0.2, 0.25) is 0 Å². The molecule has 0 aliphatic carbocycles. The van der Waals surface area contributed by atoms with Gasteiger partial charge >= 0.3 is 5.97 Å². The van der Waals surface area contributed by atoms with E-state index in [9.17, 15) is 4.79 Å². The first-order valence-electron chi connectivity index (χ1n) is 9.33. The van der Waals surface area contributed by atoms with Crippen molar-refractivity contribution in [2.75, 3.05) is 17.2 Å². The molecular weight excluding hydrogens is 448 g/mol. The third-order valence-electron chi connectivity index (χ3n) is 4.59. The summed E-state index contributed by atoms with van der Waals surface area (Å²) in [5.41, 5.74) is 2.62. The molecule has 0 amide bonds. The van der Waals surface area contributed by atoms with Crippen LogP contribution < -0.4 is 10.6 Å². The minimum absolute atomic E-state index is 0.0278. The second-order valence-electron chi connectivity index (χ2n) is 6.66. The largest absolute Gasteiger partial charge is 0.481 e. The number of carboxylic acids is 1. The van der Waals surface area contributed by atoms with Gasteiger partial charge in [-0.05, 0) is 32.9 Å². The molecule has 0 saturated carbocycles. The lowest BCUT2D eigenvalue weighted by molar-refractivity contribution is -0.136. The molecule has 4 rings (SSSR count). The fourth-order valence-electron chi connectivity index (χ4n) is 3.20. The zero-order chi connectivity index (χ0) is 20.9. The minimum Gasteiger partial charge on any atom is -0.481 e. The van der Waals surface area contributed by atoms with Crippen molar-refractivity contribution in [1.82, 2.24) is 19.9 Å². The summed E-state index contributed by atoms with van der Waals surface area (Å²) in [6.07, 6.45) is 5.90. The normalized spacial score (nSPS) is 10.8. The van der Waals surface area contributed by atoms with Crippen molar-refractivity contribution in [3.8, 4) is 0 Å². The van der Waals surface area contributed by atoms with Gasteiger partial charge in [-0.1, -0.05) is 30.3 Å². The van der Waals surface area contributed by atoms with Crippen LogP contribution >= 0.6 is 15.9 Å². The van der Waals surface area contributed by atoms with Gasteiger partial charge in [-0.25, -0.2) is 9.97 Å². The van der Waals surface area contributed by atoms with Crippen LogP contribution in [0, 0.1) is 0 Å². The lowest BCUT2D eigenvalue weighted by Crippen LogP contribution is -2.09. The van der Waals surface area contributed by atoms with Gasteiger partial charge in [0.1, 0.15) is 5.82 Å². The third kappa shape index (κ3) is 4.57. The predicted octanol–water partition coefficient (Wildman–Crippen LogP) is 4.14. The van der Waals surface area contributed by atoms with Crippen LogP contribution in [-0.4, -0.2) is 37.6 Å². The van der Waals surface area contributed by atoms with E-state index in [0.717, 1.165) is 38.6 Å². The van der Waals surface area contributed by atoms with Gasteiger partial charge < -0.3 is 20.7 Å². The van der Waals surface area contributed by atoms with E-state index in [4.69, 9.17) is 5.11 Å². The van der Waals surface area contributed by atoms with E-state index in [2.05, 4.69) is 46.5 Å². The molecule has 0 radical (unpaired) electrons. The van der Waals surface area contributed by atoms with Crippen LogP contribution in [0.3, 0.4) is 0 Å². The Morgan fingerprint density at radius 1 is 1.13 bits per heavy atom. The molecule has 0 bridgehead atoms. The molecular formula is C21H19BrN6O2. The number of hydrogen-bond acceptors (Lipinski definition) is 6. The van der Waals surface area contributed by atoms with Crippen molar-refractivity contribution >= 4 is 50.1 Å². The van der Waals surface area contributed by atoms with E-state index in [1.165, 1.54) is 0 Å². The Kier molecular flexibility index (Phi) is 5.89. The van der Waals surface area contributed by atoms with Crippen molar-refractivity contribution in [3.05, 3.63) is 70.8 Å². The minimum atomic E-state index is -0.858. The summed E-state index contributed by atoms with van der Waals surface area (Å²) in [6, 6.07) is 11.4. The summed E-state index contributed by atoms with van der Waals surface area (Å²) < 4.78 is 0.763. The molecule has 152 valence electrons. The molecule has 2 aromatic carbocycles. The smallest absolute Gasteiger partial charge is 0.307 e. The van der Waals surface area contributed by atoms with E-state index in [0.29, 0.717) is 18.3 Å². The van der Waals surface area contributed by atoms with Gasteiger partial charge in [0.2, 0.25) is 5.95 Å². The molecule has 0 aliphatic heterocycles. The maximum absolute atomic E-state index is 11.2. The first-order chi connectivity index (χ1) is 14.6. The SMILES string of the molecule is O=C(O)Cc1ccc(Nc2ncc(Br)c(NCCc3cnc[nH]3)n2)c2ccccc12. The number of nitrogens with zero attached hydrogens (tertiary/aromatic N) is 3. The number of rotatable bonds is 8. The van der Waals surface area contributed by atoms with Crippen molar-refractivity contribution in [3.63, 3.8) is 0 Å². The summed E-state index contributed by atoms with van der Waals surface area (Å²) in [7, 11) is 0. The van der Waals surface area contributed by atoms with Gasteiger partial charge in [0.25, 0.3) is 0 Å². The van der Waals surface area contributed by atoms with E-state index in [-0.39, 0.29) is 6.42 Å². The number of aliphatic carboxylic acids is 1. The van der Waals surface area contributed by atoms with Gasteiger partial charge in [0.15, 0.2) is 0 Å². The first kappa shape index (κ1) is 19.8. The van der Waals surface area contributed by atoms with Crippen LogP contribution in [-0.2, 0) is 17.6 Å². The number of benzene rings is 2. The lowest BCUT2D eigenvalue weighted by Gasteiger charge is -2.13. The third-order valence-corrected chi connectivity index (χ3v) is 5.17. The maximum Gasteiger partial charge on any atom is 0.307 e. The van der Waals surface area contributed by atoms with Crippen molar-refractivity contribution in [2.24, 2.45) is 0 Å². The predicted molar refractivity (Wildman–Crippen MR) is 119 cm³/mol. The highest BCUT2D eigenvalue weighted by molar-refractivity contribution is 9.10. The highest BCUT2D eigenvalue weighted by Crippen LogP contribution is 2.29. The van der Waals surface area contributed by atoms with E-state index >= 15 is 0 Å². The second-order valence-corrected chi connectivity index (χ2v) is 7.51. The Hall–Kier alpha value is -3.46.